The summed E-state index contributed by atoms with van der Waals surface area (Å²) in [5, 5.41) is 0. The summed E-state index contributed by atoms with van der Waals surface area (Å²) in [5.41, 5.74) is 6.06. The molecule has 0 saturated heterocycles. The van der Waals surface area contributed by atoms with Gasteiger partial charge in [-0.2, -0.15) is 0 Å². The number of hydrogen-bond donors (Lipinski definition) is 1. The fraction of sp³-hybridized carbons (Fsp3) is 0.417. The Balaban J connectivity index is 3.03. The van der Waals surface area contributed by atoms with Gasteiger partial charge in [-0.15, -0.1) is 0 Å². The zero-order chi connectivity index (χ0) is 12.3. The Morgan fingerprint density at radius 3 is 2.56 bits per heavy atom. The highest BCUT2D eigenvalue weighted by Crippen LogP contribution is 2.33. The summed E-state index contributed by atoms with van der Waals surface area (Å²) >= 11 is 3.42. The van der Waals surface area contributed by atoms with Crippen LogP contribution in [0.15, 0.2) is 22.7 Å². The molecule has 0 aromatic heterocycles. The van der Waals surface area contributed by atoms with Crippen LogP contribution in [0, 0.1) is 0 Å². The molecule has 0 aliphatic carbocycles. The summed E-state index contributed by atoms with van der Waals surface area (Å²) in [6, 6.07) is 5.72. The fourth-order valence-corrected chi connectivity index (χ4v) is 1.72. The van der Waals surface area contributed by atoms with Gasteiger partial charge in [0.05, 0.1) is 0 Å². The van der Waals surface area contributed by atoms with E-state index in [9.17, 15) is 4.79 Å². The Kier molecular flexibility index (Phi) is 3.97. The van der Waals surface area contributed by atoms with Gasteiger partial charge in [0.15, 0.2) is 6.61 Å². The van der Waals surface area contributed by atoms with Crippen LogP contribution in [0.2, 0.25) is 0 Å². The van der Waals surface area contributed by atoms with Gasteiger partial charge in [0.25, 0.3) is 5.91 Å². The molecule has 88 valence electrons. The SMILES string of the molecule is CC(C)(C)c1cc(Br)ccc1OCC(N)=O. The zero-order valence-electron chi connectivity index (χ0n) is 9.71. The molecule has 0 spiro atoms. The third kappa shape index (κ3) is 3.52. The molecule has 0 aliphatic rings. The molecule has 3 nitrogen and oxygen atoms in total. The maximum absolute atomic E-state index is 10.7. The molecule has 4 heteroatoms. The number of ether oxygens (including phenoxy) is 1. The van der Waals surface area contributed by atoms with Crippen LogP contribution in [-0.4, -0.2) is 12.5 Å². The Labute approximate surface area is 104 Å². The number of benzene rings is 1. The van der Waals surface area contributed by atoms with Crippen molar-refractivity contribution in [2.45, 2.75) is 26.2 Å². The Hall–Kier alpha value is -1.03. The number of primary amides is 1. The summed E-state index contributed by atoms with van der Waals surface area (Å²) in [5.74, 6) is 0.234. The van der Waals surface area contributed by atoms with Gasteiger partial charge in [-0.1, -0.05) is 36.7 Å². The van der Waals surface area contributed by atoms with E-state index >= 15 is 0 Å². The number of carbonyl (C=O) groups excluding carboxylic acids is 1. The second kappa shape index (κ2) is 4.87. The lowest BCUT2D eigenvalue weighted by molar-refractivity contribution is -0.119. The molecule has 0 aliphatic heterocycles. The molecule has 0 atom stereocenters. The maximum atomic E-state index is 10.7. The van der Waals surface area contributed by atoms with Crippen molar-refractivity contribution in [1.29, 1.82) is 0 Å². The predicted molar refractivity (Wildman–Crippen MR) is 67.5 cm³/mol. The van der Waals surface area contributed by atoms with E-state index < -0.39 is 5.91 Å². The molecule has 0 bridgehead atoms. The van der Waals surface area contributed by atoms with Gasteiger partial charge in [0.1, 0.15) is 5.75 Å². The molecule has 1 aromatic carbocycles. The van der Waals surface area contributed by atoms with E-state index in [1.165, 1.54) is 0 Å². The van der Waals surface area contributed by atoms with E-state index in [-0.39, 0.29) is 12.0 Å². The van der Waals surface area contributed by atoms with Crippen LogP contribution in [-0.2, 0) is 10.2 Å². The summed E-state index contributed by atoms with van der Waals surface area (Å²) in [6.07, 6.45) is 0. The van der Waals surface area contributed by atoms with Crippen molar-refractivity contribution in [2.24, 2.45) is 5.73 Å². The minimum Gasteiger partial charge on any atom is -0.483 e. The van der Waals surface area contributed by atoms with Crippen molar-refractivity contribution in [3.05, 3.63) is 28.2 Å². The van der Waals surface area contributed by atoms with E-state index in [4.69, 9.17) is 10.5 Å². The van der Waals surface area contributed by atoms with Gasteiger partial charge in [-0.25, -0.2) is 0 Å². The number of carbonyl (C=O) groups is 1. The van der Waals surface area contributed by atoms with Crippen LogP contribution >= 0.6 is 15.9 Å². The van der Waals surface area contributed by atoms with E-state index in [2.05, 4.69) is 36.7 Å². The molecule has 1 amide bonds. The van der Waals surface area contributed by atoms with Gasteiger partial charge in [0, 0.05) is 10.0 Å². The van der Waals surface area contributed by atoms with E-state index in [1.54, 1.807) is 0 Å². The van der Waals surface area contributed by atoms with Crippen LogP contribution in [0.25, 0.3) is 0 Å². The highest BCUT2D eigenvalue weighted by Gasteiger charge is 2.19. The van der Waals surface area contributed by atoms with Crippen LogP contribution in [0.4, 0.5) is 0 Å². The summed E-state index contributed by atoms with van der Waals surface area (Å²) < 4.78 is 6.37. The Morgan fingerprint density at radius 1 is 1.44 bits per heavy atom. The molecule has 0 heterocycles. The average Bonchev–Trinajstić information content (AvgIpc) is 2.14. The van der Waals surface area contributed by atoms with Gasteiger partial charge in [-0.3, -0.25) is 4.79 Å². The van der Waals surface area contributed by atoms with Crippen molar-refractivity contribution >= 4 is 21.8 Å². The molecule has 1 aromatic rings. The highest BCUT2D eigenvalue weighted by atomic mass is 79.9. The van der Waals surface area contributed by atoms with Crippen molar-refractivity contribution in [1.82, 2.24) is 0 Å². The molecule has 16 heavy (non-hydrogen) atoms. The first kappa shape index (κ1) is 13.0. The Bertz CT molecular complexity index is 396. The number of amides is 1. The van der Waals surface area contributed by atoms with Crippen molar-refractivity contribution in [2.75, 3.05) is 6.61 Å². The van der Waals surface area contributed by atoms with Crippen LogP contribution in [0.1, 0.15) is 26.3 Å². The third-order valence-electron chi connectivity index (χ3n) is 2.12. The van der Waals surface area contributed by atoms with Gasteiger partial charge in [0.2, 0.25) is 0 Å². The monoisotopic (exact) mass is 285 g/mol. The predicted octanol–water partition coefficient (Wildman–Crippen LogP) is 2.61. The number of hydrogen-bond acceptors (Lipinski definition) is 2. The molecular formula is C12H16BrNO2. The smallest absolute Gasteiger partial charge is 0.255 e. The standard InChI is InChI=1S/C12H16BrNO2/c1-12(2,3)9-6-8(13)4-5-10(9)16-7-11(14)15/h4-6H,7H2,1-3H3,(H2,14,15). The number of halogens is 1. The van der Waals surface area contributed by atoms with Gasteiger partial charge >= 0.3 is 0 Å². The summed E-state index contributed by atoms with van der Waals surface area (Å²) in [4.78, 5) is 10.7. The lowest BCUT2D eigenvalue weighted by Crippen LogP contribution is -2.22. The first-order chi connectivity index (χ1) is 7.30. The molecule has 1 rings (SSSR count). The molecule has 0 unspecified atom stereocenters. The van der Waals surface area contributed by atoms with Crippen molar-refractivity contribution in [3.8, 4) is 5.75 Å². The molecule has 0 fully saturated rings. The molecule has 0 saturated carbocycles. The van der Waals surface area contributed by atoms with Crippen molar-refractivity contribution in [3.63, 3.8) is 0 Å². The normalized spacial score (nSPS) is 11.2. The fourth-order valence-electron chi connectivity index (χ4n) is 1.36. The molecular weight excluding hydrogens is 270 g/mol. The third-order valence-corrected chi connectivity index (χ3v) is 2.61. The van der Waals surface area contributed by atoms with E-state index in [1.807, 2.05) is 18.2 Å². The minimum absolute atomic E-state index is 0.0449. The zero-order valence-corrected chi connectivity index (χ0v) is 11.3. The van der Waals surface area contributed by atoms with Crippen molar-refractivity contribution < 1.29 is 9.53 Å². The van der Waals surface area contributed by atoms with E-state index in [0.29, 0.717) is 5.75 Å². The first-order valence-electron chi connectivity index (χ1n) is 5.02. The van der Waals surface area contributed by atoms with Gasteiger partial charge < -0.3 is 10.5 Å². The summed E-state index contributed by atoms with van der Waals surface area (Å²) in [6.45, 7) is 6.18. The second-order valence-electron chi connectivity index (χ2n) is 4.65. The molecule has 2 N–H and O–H groups in total. The molecule has 0 radical (unpaired) electrons. The first-order valence-corrected chi connectivity index (χ1v) is 5.81. The largest absolute Gasteiger partial charge is 0.483 e. The van der Waals surface area contributed by atoms with Gasteiger partial charge in [-0.05, 0) is 23.6 Å². The highest BCUT2D eigenvalue weighted by molar-refractivity contribution is 9.10. The minimum atomic E-state index is -0.470. The Morgan fingerprint density at radius 2 is 2.06 bits per heavy atom. The lowest BCUT2D eigenvalue weighted by Gasteiger charge is -2.22. The average molecular weight is 286 g/mol. The number of rotatable bonds is 3. The van der Waals surface area contributed by atoms with Crippen LogP contribution in [0.5, 0.6) is 5.75 Å². The van der Waals surface area contributed by atoms with Crippen LogP contribution in [0.3, 0.4) is 0 Å². The second-order valence-corrected chi connectivity index (χ2v) is 5.56. The summed E-state index contributed by atoms with van der Waals surface area (Å²) in [7, 11) is 0. The quantitative estimate of drug-likeness (QED) is 0.928. The maximum Gasteiger partial charge on any atom is 0.255 e. The lowest BCUT2D eigenvalue weighted by atomic mass is 9.86. The van der Waals surface area contributed by atoms with Crippen LogP contribution < -0.4 is 10.5 Å². The number of nitrogens with two attached hydrogens (primary N) is 1. The van der Waals surface area contributed by atoms with E-state index in [0.717, 1.165) is 10.0 Å². The topological polar surface area (TPSA) is 52.3 Å².